The number of aliphatic imine (C=N–C) groups is 1. The first kappa shape index (κ1) is 15.9. The molecule has 5 heteroatoms. The number of rotatable bonds is 2. The predicted octanol–water partition coefficient (Wildman–Crippen LogP) is 0.832. The van der Waals surface area contributed by atoms with Crippen molar-refractivity contribution < 1.29 is 4.84 Å². The van der Waals surface area contributed by atoms with E-state index in [9.17, 15) is 0 Å². The van der Waals surface area contributed by atoms with Crippen LogP contribution in [-0.2, 0) is 4.84 Å². The second-order valence-corrected chi connectivity index (χ2v) is 3.05. The van der Waals surface area contributed by atoms with Crippen LogP contribution in [0.3, 0.4) is 0 Å². The van der Waals surface area contributed by atoms with Crippen molar-refractivity contribution in [2.24, 2.45) is 10.1 Å². The van der Waals surface area contributed by atoms with Crippen molar-refractivity contribution in [3.8, 4) is 36.0 Å². The molecule has 0 spiro atoms. The van der Waals surface area contributed by atoms with E-state index in [1.807, 2.05) is 0 Å². The smallest absolute Gasteiger partial charge is 0.177 e. The fourth-order valence-electron chi connectivity index (χ4n) is 0.986. The van der Waals surface area contributed by atoms with Crippen LogP contribution < -0.4 is 5.32 Å². The Bertz CT molecular complexity index is 455. The number of hydrogen-bond acceptors (Lipinski definition) is 4. The number of nitrogens with zero attached hydrogens (tertiary/aromatic N) is 2. The van der Waals surface area contributed by atoms with Crippen LogP contribution in [-0.4, -0.2) is 31.7 Å². The standard InChI is InChI=1S/C13H13N3O.ClH/c1-2-3-4-5-6-7-8-9-17-16-13-10-14-12-15-11-13;/h1,12H,3,6,9-11H2,(H,14,15);1H. The first-order valence-corrected chi connectivity index (χ1v) is 5.18. The summed E-state index contributed by atoms with van der Waals surface area (Å²) in [5, 5.41) is 6.85. The lowest BCUT2D eigenvalue weighted by Gasteiger charge is -2.07. The lowest BCUT2D eigenvalue weighted by molar-refractivity contribution is 0.178. The Morgan fingerprint density at radius 1 is 1.33 bits per heavy atom. The Labute approximate surface area is 114 Å². The van der Waals surface area contributed by atoms with Gasteiger partial charge in [-0.25, -0.2) is 0 Å². The van der Waals surface area contributed by atoms with Gasteiger partial charge in [0.1, 0.15) is 0 Å². The van der Waals surface area contributed by atoms with Crippen molar-refractivity contribution in [3.05, 3.63) is 0 Å². The molecule has 0 saturated carbocycles. The van der Waals surface area contributed by atoms with Gasteiger partial charge in [-0.3, -0.25) is 4.99 Å². The van der Waals surface area contributed by atoms with E-state index >= 15 is 0 Å². The van der Waals surface area contributed by atoms with Crippen molar-refractivity contribution >= 4 is 24.5 Å². The Kier molecular flexibility index (Phi) is 10.1. The van der Waals surface area contributed by atoms with Gasteiger partial charge in [-0.15, -0.1) is 18.8 Å². The lowest BCUT2D eigenvalue weighted by atomic mass is 10.3. The molecule has 1 aliphatic rings. The maximum Gasteiger partial charge on any atom is 0.177 e. The normalized spacial score (nSPS) is 13.8. The molecule has 0 fully saturated rings. The fraction of sp³-hybridized carbons (Fsp3) is 0.385. The van der Waals surface area contributed by atoms with E-state index < -0.39 is 0 Å². The summed E-state index contributed by atoms with van der Waals surface area (Å²) in [6, 6.07) is 0. The zero-order valence-corrected chi connectivity index (χ0v) is 10.7. The lowest BCUT2D eigenvalue weighted by Crippen LogP contribution is -2.28. The molecule has 0 amide bonds. The van der Waals surface area contributed by atoms with Gasteiger partial charge >= 0.3 is 0 Å². The molecule has 4 nitrogen and oxygen atoms in total. The largest absolute Gasteiger partial charge is 0.383 e. The van der Waals surface area contributed by atoms with Crippen molar-refractivity contribution in [1.29, 1.82) is 0 Å². The second kappa shape index (κ2) is 11.4. The molecular weight excluding hydrogens is 250 g/mol. The van der Waals surface area contributed by atoms with E-state index in [-0.39, 0.29) is 19.0 Å². The molecule has 0 aromatic heterocycles. The van der Waals surface area contributed by atoms with Crippen molar-refractivity contribution in [3.63, 3.8) is 0 Å². The molecule has 0 unspecified atom stereocenters. The highest BCUT2D eigenvalue weighted by atomic mass is 35.5. The van der Waals surface area contributed by atoms with E-state index in [1.54, 1.807) is 6.34 Å². The molecule has 18 heavy (non-hydrogen) atoms. The number of hydrogen-bond donors (Lipinski definition) is 1. The zero-order chi connectivity index (χ0) is 12.2. The quantitative estimate of drug-likeness (QED) is 0.456. The maximum atomic E-state index is 5.04. The van der Waals surface area contributed by atoms with Gasteiger partial charge in [-0.1, -0.05) is 34.8 Å². The third-order valence-electron chi connectivity index (χ3n) is 1.71. The van der Waals surface area contributed by atoms with E-state index in [4.69, 9.17) is 11.3 Å². The summed E-state index contributed by atoms with van der Waals surface area (Å²) in [6.45, 7) is 1.52. The molecule has 0 aromatic rings. The molecule has 1 aliphatic heterocycles. The number of oxime groups is 1. The van der Waals surface area contributed by atoms with Gasteiger partial charge < -0.3 is 10.2 Å². The van der Waals surface area contributed by atoms with Crippen molar-refractivity contribution in [2.75, 3.05) is 19.7 Å². The number of halogens is 1. The SMILES string of the molecule is C#CCC#CCC#CCON=C1CN=CNC1.Cl. The molecule has 0 radical (unpaired) electrons. The van der Waals surface area contributed by atoms with Crippen LogP contribution >= 0.6 is 12.4 Å². The zero-order valence-electron chi connectivity index (χ0n) is 9.90. The summed E-state index contributed by atoms with van der Waals surface area (Å²) in [5.74, 6) is 13.7. The van der Waals surface area contributed by atoms with Crippen LogP contribution in [0.1, 0.15) is 12.8 Å². The molecule has 0 aromatic carbocycles. The van der Waals surface area contributed by atoms with Crippen molar-refractivity contribution in [2.45, 2.75) is 12.8 Å². The van der Waals surface area contributed by atoms with Gasteiger partial charge in [-0.2, -0.15) is 0 Å². The Morgan fingerprint density at radius 2 is 2.11 bits per heavy atom. The minimum Gasteiger partial charge on any atom is -0.383 e. The highest BCUT2D eigenvalue weighted by Crippen LogP contribution is 1.86. The summed E-state index contributed by atoms with van der Waals surface area (Å²) < 4.78 is 0. The highest BCUT2D eigenvalue weighted by Gasteiger charge is 2.00. The van der Waals surface area contributed by atoms with E-state index in [1.165, 1.54) is 0 Å². The fourth-order valence-corrected chi connectivity index (χ4v) is 0.986. The van der Waals surface area contributed by atoms with Gasteiger partial charge in [0.05, 0.1) is 38.0 Å². The summed E-state index contributed by atoms with van der Waals surface area (Å²) in [7, 11) is 0. The average molecular weight is 264 g/mol. The molecular formula is C13H14ClN3O. The molecule has 1 rings (SSSR count). The number of terminal acetylenes is 1. The topological polar surface area (TPSA) is 46.0 Å². The van der Waals surface area contributed by atoms with Crippen LogP contribution in [0.25, 0.3) is 0 Å². The van der Waals surface area contributed by atoms with Gasteiger partial charge in [0.15, 0.2) is 6.61 Å². The van der Waals surface area contributed by atoms with E-state index in [0.29, 0.717) is 25.9 Å². The highest BCUT2D eigenvalue weighted by molar-refractivity contribution is 5.92. The molecule has 1 N–H and O–H groups in total. The minimum absolute atomic E-state index is 0. The summed E-state index contributed by atoms with van der Waals surface area (Å²) in [6.07, 6.45) is 7.68. The van der Waals surface area contributed by atoms with Crippen LogP contribution in [0.15, 0.2) is 10.1 Å². The molecule has 0 aliphatic carbocycles. The molecule has 0 atom stereocenters. The predicted molar refractivity (Wildman–Crippen MR) is 75.6 cm³/mol. The Morgan fingerprint density at radius 3 is 2.83 bits per heavy atom. The monoisotopic (exact) mass is 263 g/mol. The Balaban J connectivity index is 0.00000289. The summed E-state index contributed by atoms with van der Waals surface area (Å²) in [5.41, 5.74) is 0.864. The van der Waals surface area contributed by atoms with Gasteiger partial charge in [0.2, 0.25) is 0 Å². The van der Waals surface area contributed by atoms with E-state index in [0.717, 1.165) is 5.71 Å². The molecule has 0 saturated heterocycles. The van der Waals surface area contributed by atoms with Crippen LogP contribution in [0, 0.1) is 36.0 Å². The van der Waals surface area contributed by atoms with Crippen LogP contribution in [0.4, 0.5) is 0 Å². The third kappa shape index (κ3) is 8.11. The average Bonchev–Trinajstić information content (AvgIpc) is 2.38. The Hall–Kier alpha value is -2.09. The first-order valence-electron chi connectivity index (χ1n) is 5.18. The summed E-state index contributed by atoms with van der Waals surface area (Å²) in [4.78, 5) is 9.02. The molecule has 94 valence electrons. The first-order chi connectivity index (χ1) is 8.43. The summed E-state index contributed by atoms with van der Waals surface area (Å²) >= 11 is 0. The minimum atomic E-state index is 0. The molecule has 1 heterocycles. The molecule has 0 bridgehead atoms. The number of nitrogens with one attached hydrogen (secondary N) is 1. The van der Waals surface area contributed by atoms with Crippen LogP contribution in [0.5, 0.6) is 0 Å². The van der Waals surface area contributed by atoms with E-state index in [2.05, 4.69) is 45.1 Å². The second-order valence-electron chi connectivity index (χ2n) is 3.05. The maximum absolute atomic E-state index is 5.04. The van der Waals surface area contributed by atoms with Gasteiger partial charge in [0, 0.05) is 0 Å². The van der Waals surface area contributed by atoms with Gasteiger partial charge in [-0.05, 0) is 0 Å². The van der Waals surface area contributed by atoms with Crippen molar-refractivity contribution in [1.82, 2.24) is 5.32 Å². The third-order valence-corrected chi connectivity index (χ3v) is 1.71. The van der Waals surface area contributed by atoms with Gasteiger partial charge in [0.25, 0.3) is 0 Å². The van der Waals surface area contributed by atoms with Crippen LogP contribution in [0.2, 0.25) is 0 Å².